The number of sulfonamides is 1. The molecule has 2 aromatic rings. The molecular weight excluding hydrogens is 437 g/mol. The lowest BCUT2D eigenvalue weighted by molar-refractivity contribution is -0.131. The Balaban J connectivity index is 2.07. The molecule has 0 saturated heterocycles. The van der Waals surface area contributed by atoms with Crippen molar-refractivity contribution in [2.24, 2.45) is 0 Å². The van der Waals surface area contributed by atoms with Crippen molar-refractivity contribution in [3.63, 3.8) is 0 Å². The van der Waals surface area contributed by atoms with Crippen molar-refractivity contribution in [2.75, 3.05) is 12.4 Å². The monoisotopic (exact) mass is 457 g/mol. The fraction of sp³-hybridized carbons (Fsp3) is 0.263. The minimum Gasteiger partial charge on any atom is -0.340 e. The maximum Gasteiger partial charge on any atom is 0.241 e. The third-order valence-electron chi connectivity index (χ3n) is 4.00. The molecule has 0 heterocycles. The highest BCUT2D eigenvalue weighted by atomic mass is 35.5. The summed E-state index contributed by atoms with van der Waals surface area (Å²) >= 11 is 12.1. The van der Waals surface area contributed by atoms with Crippen molar-refractivity contribution in [1.29, 1.82) is 0 Å². The first-order valence-corrected chi connectivity index (χ1v) is 10.8. The molecule has 0 aliphatic rings. The summed E-state index contributed by atoms with van der Waals surface area (Å²) in [7, 11) is -2.38. The van der Waals surface area contributed by atoms with Gasteiger partial charge in [-0.15, -0.1) is 0 Å². The van der Waals surface area contributed by atoms with Crippen molar-refractivity contribution in [3.05, 3.63) is 58.1 Å². The van der Waals surface area contributed by atoms with E-state index in [9.17, 15) is 18.0 Å². The van der Waals surface area contributed by atoms with Gasteiger partial charge in [0.05, 0.1) is 21.0 Å². The molecule has 2 amide bonds. The van der Waals surface area contributed by atoms with E-state index in [1.165, 1.54) is 43.0 Å². The first kappa shape index (κ1) is 23.2. The maximum absolute atomic E-state index is 12.6. The molecule has 0 spiro atoms. The van der Waals surface area contributed by atoms with Crippen LogP contribution in [0, 0.1) is 0 Å². The highest BCUT2D eigenvalue weighted by Gasteiger charge is 2.25. The van der Waals surface area contributed by atoms with Crippen LogP contribution in [0.3, 0.4) is 0 Å². The number of carbonyl (C=O) groups is 2. The number of carbonyl (C=O) groups excluding carboxylic acids is 2. The average molecular weight is 458 g/mol. The van der Waals surface area contributed by atoms with Gasteiger partial charge in [0.1, 0.15) is 0 Å². The third-order valence-corrected chi connectivity index (χ3v) is 6.42. The molecule has 2 N–H and O–H groups in total. The van der Waals surface area contributed by atoms with Crippen LogP contribution in [0.15, 0.2) is 47.4 Å². The van der Waals surface area contributed by atoms with Crippen LogP contribution >= 0.6 is 23.2 Å². The molecule has 0 aliphatic carbocycles. The Kier molecular flexibility index (Phi) is 7.65. The van der Waals surface area contributed by atoms with E-state index in [-0.39, 0.29) is 17.3 Å². The fourth-order valence-corrected chi connectivity index (χ4v) is 4.18. The summed E-state index contributed by atoms with van der Waals surface area (Å²) in [5.74, 6) is -0.694. The topological polar surface area (TPSA) is 95.6 Å². The quantitative estimate of drug-likeness (QED) is 0.666. The van der Waals surface area contributed by atoms with Crippen molar-refractivity contribution < 1.29 is 18.0 Å². The minimum absolute atomic E-state index is 0.0215. The second kappa shape index (κ2) is 9.58. The van der Waals surface area contributed by atoms with Crippen LogP contribution in [0.5, 0.6) is 0 Å². The zero-order valence-electron chi connectivity index (χ0n) is 16.1. The van der Waals surface area contributed by atoms with Gasteiger partial charge in [0.2, 0.25) is 21.8 Å². The van der Waals surface area contributed by atoms with Gasteiger partial charge >= 0.3 is 0 Å². The Morgan fingerprint density at radius 2 is 1.72 bits per heavy atom. The summed E-state index contributed by atoms with van der Waals surface area (Å²) in [6.45, 7) is 2.99. The van der Waals surface area contributed by atoms with Gasteiger partial charge < -0.3 is 10.2 Å². The normalized spacial score (nSPS) is 12.3. The number of benzene rings is 2. The molecule has 0 saturated carbocycles. The predicted octanol–water partition coefficient (Wildman–Crippen LogP) is 3.28. The van der Waals surface area contributed by atoms with Crippen LogP contribution in [-0.2, 0) is 26.2 Å². The lowest BCUT2D eigenvalue weighted by Crippen LogP contribution is -2.45. The van der Waals surface area contributed by atoms with Crippen molar-refractivity contribution in [2.45, 2.75) is 31.3 Å². The predicted molar refractivity (Wildman–Crippen MR) is 113 cm³/mol. The largest absolute Gasteiger partial charge is 0.340 e. The highest BCUT2D eigenvalue weighted by molar-refractivity contribution is 7.89. The summed E-state index contributed by atoms with van der Waals surface area (Å²) in [4.78, 5) is 25.0. The Bertz CT molecular complexity index is 1010. The maximum atomic E-state index is 12.6. The van der Waals surface area contributed by atoms with Gasteiger partial charge in [-0.1, -0.05) is 35.3 Å². The van der Waals surface area contributed by atoms with E-state index in [1.807, 2.05) is 0 Å². The first-order chi connectivity index (χ1) is 13.5. The molecule has 7 nitrogen and oxygen atoms in total. The summed E-state index contributed by atoms with van der Waals surface area (Å²) in [5.41, 5.74) is 1.12. The molecule has 2 aromatic carbocycles. The molecule has 0 unspecified atom stereocenters. The molecule has 29 heavy (non-hydrogen) atoms. The molecule has 0 fully saturated rings. The number of hydrogen-bond acceptors (Lipinski definition) is 4. The highest BCUT2D eigenvalue weighted by Crippen LogP contribution is 2.26. The van der Waals surface area contributed by atoms with Gasteiger partial charge in [-0.05, 0) is 42.8 Å². The van der Waals surface area contributed by atoms with Gasteiger partial charge in [0.25, 0.3) is 0 Å². The summed E-state index contributed by atoms with van der Waals surface area (Å²) in [6, 6.07) is 9.73. The van der Waals surface area contributed by atoms with E-state index in [4.69, 9.17) is 23.2 Å². The molecule has 0 aliphatic heterocycles. The van der Waals surface area contributed by atoms with Crippen molar-refractivity contribution in [3.8, 4) is 0 Å². The van der Waals surface area contributed by atoms with Crippen molar-refractivity contribution >= 4 is 50.7 Å². The number of hydrogen-bond donors (Lipinski definition) is 2. The summed E-state index contributed by atoms with van der Waals surface area (Å²) in [5, 5.41) is 3.28. The van der Waals surface area contributed by atoms with Gasteiger partial charge in [-0.3, -0.25) is 9.59 Å². The molecule has 1 atom stereocenters. The molecular formula is C19H21Cl2N3O4S. The molecule has 156 valence electrons. The number of likely N-dealkylation sites (N-methyl/N-ethyl adjacent to an activating group) is 1. The third kappa shape index (κ3) is 6.17. The van der Waals surface area contributed by atoms with Crippen molar-refractivity contribution in [1.82, 2.24) is 9.62 Å². The number of rotatable bonds is 7. The van der Waals surface area contributed by atoms with Crippen LogP contribution in [0.2, 0.25) is 10.0 Å². The lowest BCUT2D eigenvalue weighted by atomic mass is 10.2. The van der Waals surface area contributed by atoms with Crippen LogP contribution < -0.4 is 10.0 Å². The second-order valence-corrected chi connectivity index (χ2v) is 8.95. The molecule has 2 rings (SSSR count). The summed E-state index contributed by atoms with van der Waals surface area (Å²) < 4.78 is 27.5. The fourth-order valence-electron chi connectivity index (χ4n) is 2.61. The zero-order valence-corrected chi connectivity index (χ0v) is 18.4. The van der Waals surface area contributed by atoms with Gasteiger partial charge in [0, 0.05) is 26.2 Å². The first-order valence-electron chi connectivity index (χ1n) is 8.59. The smallest absolute Gasteiger partial charge is 0.241 e. The SMILES string of the molecule is CC(=O)Nc1ccc(S(=O)(=O)N[C@@H](C)C(=O)N(C)Cc2cccc(Cl)c2Cl)cc1. The standard InChI is InChI=1S/C19H21Cl2N3O4S/c1-12(19(26)24(3)11-14-5-4-6-17(20)18(14)21)23-29(27,28)16-9-7-15(8-10-16)22-13(2)25/h4-10,12,23H,11H2,1-3H3,(H,22,25)/t12-/m0/s1. The van der Waals surface area contributed by atoms with E-state index < -0.39 is 22.0 Å². The van der Waals surface area contributed by atoms with Crippen LogP contribution in [0.1, 0.15) is 19.4 Å². The Hall–Kier alpha value is -2.13. The van der Waals surface area contributed by atoms with E-state index in [1.54, 1.807) is 25.2 Å². The zero-order chi connectivity index (χ0) is 21.8. The average Bonchev–Trinajstić information content (AvgIpc) is 2.64. The molecule has 0 aromatic heterocycles. The van der Waals surface area contributed by atoms with E-state index in [0.29, 0.717) is 21.3 Å². The van der Waals surface area contributed by atoms with Gasteiger partial charge in [-0.25, -0.2) is 8.42 Å². The van der Waals surface area contributed by atoms with Gasteiger partial charge in [0.15, 0.2) is 0 Å². The number of amides is 2. The number of nitrogens with one attached hydrogen (secondary N) is 2. The number of halogens is 2. The Morgan fingerprint density at radius 3 is 2.31 bits per heavy atom. The number of anilines is 1. The molecule has 0 radical (unpaired) electrons. The van der Waals surface area contributed by atoms with Crippen LogP contribution in [0.25, 0.3) is 0 Å². The Morgan fingerprint density at radius 1 is 1.10 bits per heavy atom. The second-order valence-electron chi connectivity index (χ2n) is 6.46. The van der Waals surface area contributed by atoms with E-state index in [2.05, 4.69) is 10.0 Å². The summed E-state index contributed by atoms with van der Waals surface area (Å²) in [6.07, 6.45) is 0. The Labute approximate surface area is 180 Å². The van der Waals surface area contributed by atoms with Crippen LogP contribution in [-0.4, -0.2) is 38.2 Å². The van der Waals surface area contributed by atoms with E-state index in [0.717, 1.165) is 0 Å². The minimum atomic E-state index is -3.93. The number of nitrogens with zero attached hydrogens (tertiary/aromatic N) is 1. The van der Waals surface area contributed by atoms with Gasteiger partial charge in [-0.2, -0.15) is 4.72 Å². The van der Waals surface area contributed by atoms with Crippen LogP contribution in [0.4, 0.5) is 5.69 Å². The van der Waals surface area contributed by atoms with E-state index >= 15 is 0 Å². The molecule has 10 heteroatoms. The lowest BCUT2D eigenvalue weighted by Gasteiger charge is -2.23. The molecule has 0 bridgehead atoms.